The molecule has 33 heavy (non-hydrogen) atoms. The first-order valence-electron chi connectivity index (χ1n) is 10.6. The third-order valence-electron chi connectivity index (χ3n) is 7.03. The monoisotopic (exact) mass is 451 g/mol. The quantitative estimate of drug-likeness (QED) is 0.229. The van der Waals surface area contributed by atoms with Crippen molar-refractivity contribution in [3.63, 3.8) is 0 Å². The van der Waals surface area contributed by atoms with E-state index in [1.54, 1.807) is 13.0 Å². The molecule has 1 aliphatic carbocycles. The summed E-state index contributed by atoms with van der Waals surface area (Å²) >= 11 is 0. The molecule has 1 aromatic carbocycles. The van der Waals surface area contributed by atoms with Crippen molar-refractivity contribution < 1.29 is 29.3 Å². The van der Waals surface area contributed by atoms with Crippen LogP contribution in [0.5, 0.6) is 5.75 Å². The first-order chi connectivity index (χ1) is 15.8. The Morgan fingerprint density at radius 3 is 2.76 bits per heavy atom. The van der Waals surface area contributed by atoms with Crippen LogP contribution in [0.1, 0.15) is 47.6 Å². The zero-order valence-electron chi connectivity index (χ0n) is 17.5. The molecule has 168 valence electrons. The SMILES string of the molecule is CC[C@@]1(O)C(=O)OCc2c1cc1n(c2=O)Cc2c-1nc1cc(F)c(O)c3c1c2/C(=N\O)CC3. The van der Waals surface area contributed by atoms with Crippen molar-refractivity contribution in [3.05, 3.63) is 56.1 Å². The first-order valence-corrected chi connectivity index (χ1v) is 10.6. The molecule has 0 unspecified atom stereocenters. The van der Waals surface area contributed by atoms with Gasteiger partial charge in [-0.15, -0.1) is 0 Å². The van der Waals surface area contributed by atoms with E-state index in [0.717, 1.165) is 6.07 Å². The second-order valence-corrected chi connectivity index (χ2v) is 8.54. The van der Waals surface area contributed by atoms with Gasteiger partial charge in [-0.2, -0.15) is 0 Å². The molecule has 0 bridgehead atoms. The van der Waals surface area contributed by atoms with Gasteiger partial charge in [-0.1, -0.05) is 12.1 Å². The number of aromatic nitrogens is 2. The number of aromatic hydroxyl groups is 1. The second-order valence-electron chi connectivity index (χ2n) is 8.54. The average molecular weight is 451 g/mol. The van der Waals surface area contributed by atoms with Crippen molar-refractivity contribution >= 4 is 22.6 Å². The van der Waals surface area contributed by atoms with Gasteiger partial charge in [0.25, 0.3) is 5.56 Å². The summed E-state index contributed by atoms with van der Waals surface area (Å²) in [5.41, 5.74) is 0.795. The molecule has 1 atom stereocenters. The van der Waals surface area contributed by atoms with Gasteiger partial charge >= 0.3 is 5.97 Å². The van der Waals surface area contributed by atoms with Crippen LogP contribution in [0.4, 0.5) is 4.39 Å². The van der Waals surface area contributed by atoms with Gasteiger partial charge in [-0.05, 0) is 25.3 Å². The number of aryl methyl sites for hydroxylation is 1. The van der Waals surface area contributed by atoms with Crippen molar-refractivity contribution in [2.45, 2.75) is 44.9 Å². The number of benzene rings is 1. The van der Waals surface area contributed by atoms with Gasteiger partial charge in [0.2, 0.25) is 0 Å². The minimum Gasteiger partial charge on any atom is -0.505 e. The number of ether oxygens (including phenoxy) is 1. The number of phenols is 1. The number of nitrogens with zero attached hydrogens (tertiary/aromatic N) is 3. The maximum Gasteiger partial charge on any atom is 0.343 e. The van der Waals surface area contributed by atoms with E-state index in [2.05, 4.69) is 10.1 Å². The number of hydrogen-bond donors (Lipinski definition) is 3. The second kappa shape index (κ2) is 6.38. The Kier molecular flexibility index (Phi) is 3.84. The molecule has 0 saturated heterocycles. The lowest BCUT2D eigenvalue weighted by Crippen LogP contribution is -2.44. The molecular formula is C23H18FN3O6. The molecule has 6 rings (SSSR count). The predicted octanol–water partition coefficient (Wildman–Crippen LogP) is 2.05. The summed E-state index contributed by atoms with van der Waals surface area (Å²) < 4.78 is 21.0. The number of pyridine rings is 2. The summed E-state index contributed by atoms with van der Waals surface area (Å²) in [6, 6.07) is 2.67. The van der Waals surface area contributed by atoms with Gasteiger partial charge in [0.15, 0.2) is 17.2 Å². The Morgan fingerprint density at radius 2 is 2.03 bits per heavy atom. The zero-order chi connectivity index (χ0) is 23.2. The maximum absolute atomic E-state index is 14.4. The van der Waals surface area contributed by atoms with Crippen LogP contribution in [0.3, 0.4) is 0 Å². The maximum atomic E-state index is 14.4. The van der Waals surface area contributed by atoms with Crippen LogP contribution < -0.4 is 5.56 Å². The number of fused-ring (bicyclic) bond motifs is 5. The van der Waals surface area contributed by atoms with Crippen molar-refractivity contribution in [1.82, 2.24) is 9.55 Å². The van der Waals surface area contributed by atoms with Crippen LogP contribution in [-0.4, -0.2) is 36.7 Å². The van der Waals surface area contributed by atoms with E-state index in [1.165, 1.54) is 4.57 Å². The van der Waals surface area contributed by atoms with Gasteiger partial charge in [0, 0.05) is 33.7 Å². The van der Waals surface area contributed by atoms with E-state index in [-0.39, 0.29) is 49.1 Å². The lowest BCUT2D eigenvalue weighted by molar-refractivity contribution is -0.172. The Labute approximate surface area is 185 Å². The summed E-state index contributed by atoms with van der Waals surface area (Å²) in [5.74, 6) is -2.10. The predicted molar refractivity (Wildman–Crippen MR) is 113 cm³/mol. The van der Waals surface area contributed by atoms with Crippen LogP contribution in [0.25, 0.3) is 22.3 Å². The highest BCUT2D eigenvalue weighted by Crippen LogP contribution is 2.44. The van der Waals surface area contributed by atoms with E-state index in [9.17, 15) is 29.4 Å². The lowest BCUT2D eigenvalue weighted by atomic mass is 9.84. The molecule has 2 aliphatic heterocycles. The molecule has 9 nitrogen and oxygen atoms in total. The number of oxime groups is 1. The van der Waals surface area contributed by atoms with Crippen molar-refractivity contribution in [1.29, 1.82) is 0 Å². The molecule has 3 aliphatic rings. The van der Waals surface area contributed by atoms with Crippen molar-refractivity contribution in [2.24, 2.45) is 5.16 Å². The first kappa shape index (κ1) is 19.9. The largest absolute Gasteiger partial charge is 0.505 e. The van der Waals surface area contributed by atoms with Gasteiger partial charge in [-0.25, -0.2) is 14.2 Å². The lowest BCUT2D eigenvalue weighted by Gasteiger charge is -2.31. The molecule has 0 radical (unpaired) electrons. The molecule has 0 spiro atoms. The highest BCUT2D eigenvalue weighted by atomic mass is 19.1. The van der Waals surface area contributed by atoms with Crippen LogP contribution in [0.15, 0.2) is 22.1 Å². The molecule has 0 amide bonds. The van der Waals surface area contributed by atoms with E-state index >= 15 is 0 Å². The zero-order valence-corrected chi connectivity index (χ0v) is 17.5. The number of hydrogen-bond acceptors (Lipinski definition) is 8. The van der Waals surface area contributed by atoms with Crippen molar-refractivity contribution in [3.8, 4) is 17.1 Å². The van der Waals surface area contributed by atoms with Crippen LogP contribution in [0, 0.1) is 5.82 Å². The van der Waals surface area contributed by atoms with Crippen LogP contribution >= 0.6 is 0 Å². The van der Waals surface area contributed by atoms with E-state index in [1.807, 2.05) is 0 Å². The molecule has 10 heteroatoms. The molecular weight excluding hydrogens is 433 g/mol. The minimum absolute atomic E-state index is 0.0140. The van der Waals surface area contributed by atoms with Crippen LogP contribution in [0.2, 0.25) is 0 Å². The van der Waals surface area contributed by atoms with Gasteiger partial charge < -0.3 is 24.7 Å². The number of aliphatic hydroxyl groups is 1. The third-order valence-corrected chi connectivity index (χ3v) is 7.03. The fourth-order valence-corrected chi connectivity index (χ4v) is 5.31. The molecule has 2 aromatic heterocycles. The molecule has 4 heterocycles. The highest BCUT2D eigenvalue weighted by molar-refractivity contribution is 6.15. The van der Waals surface area contributed by atoms with Crippen molar-refractivity contribution in [2.75, 3.05) is 0 Å². The molecule has 3 N–H and O–H groups in total. The van der Waals surface area contributed by atoms with Crippen LogP contribution in [-0.2, 0) is 34.7 Å². The Hall–Kier alpha value is -3.79. The number of rotatable bonds is 1. The smallest absolute Gasteiger partial charge is 0.343 e. The summed E-state index contributed by atoms with van der Waals surface area (Å²) in [4.78, 5) is 30.3. The van der Waals surface area contributed by atoms with Gasteiger partial charge in [-0.3, -0.25) is 4.79 Å². The number of halogens is 1. The number of carbonyl (C=O) groups is 1. The minimum atomic E-state index is -1.96. The summed E-state index contributed by atoms with van der Waals surface area (Å²) in [7, 11) is 0. The topological polar surface area (TPSA) is 134 Å². The third kappa shape index (κ3) is 2.33. The Balaban J connectivity index is 1.72. The standard InChI is InChI=1S/C23H18FN3O6/c1-2-23(31)12-5-16-19-10(7-27(16)21(29)11(12)8-33-22(23)30)18-14(26-32)4-3-9-17(18)15(25-19)6-13(24)20(9)28/h5-6,28,31-32H,2-4,7-8H2,1H3/b26-14-/t23-/m0/s1. The average Bonchev–Trinajstić information content (AvgIpc) is 3.18. The van der Waals surface area contributed by atoms with E-state index in [0.29, 0.717) is 39.2 Å². The molecule has 3 aromatic rings. The van der Waals surface area contributed by atoms with E-state index in [4.69, 9.17) is 4.74 Å². The summed E-state index contributed by atoms with van der Waals surface area (Å²) in [6.07, 6.45) is 0.559. The highest BCUT2D eigenvalue weighted by Gasteiger charge is 2.45. The number of cyclic esters (lactones) is 1. The normalized spacial score (nSPS) is 21.7. The Morgan fingerprint density at radius 1 is 1.24 bits per heavy atom. The number of carbonyl (C=O) groups excluding carboxylic acids is 1. The summed E-state index contributed by atoms with van der Waals surface area (Å²) in [5, 5.41) is 34.9. The number of esters is 1. The molecule has 0 fully saturated rings. The van der Waals surface area contributed by atoms with Gasteiger partial charge in [0.1, 0.15) is 6.61 Å². The molecule has 0 saturated carbocycles. The van der Waals surface area contributed by atoms with Gasteiger partial charge in [0.05, 0.1) is 34.7 Å². The fourth-order valence-electron chi connectivity index (χ4n) is 5.31. The summed E-state index contributed by atoms with van der Waals surface area (Å²) in [6.45, 7) is 1.47. The Bertz CT molecular complexity index is 1530. The fraction of sp³-hybridized carbons (Fsp3) is 0.304. The number of phenolic OH excluding ortho intramolecular Hbond substituents is 1. The van der Waals surface area contributed by atoms with E-state index < -0.39 is 28.7 Å².